The van der Waals surface area contributed by atoms with E-state index in [2.05, 4.69) is 29.7 Å². The molecule has 0 aliphatic rings. The molecule has 2 N–H and O–H groups in total. The maximum atomic E-state index is 5.23. The maximum Gasteiger partial charge on any atom is 0.166 e. The van der Waals surface area contributed by atoms with Gasteiger partial charge in [0.1, 0.15) is 0 Å². The molecule has 0 saturated heterocycles. The molecule has 0 bridgehead atoms. The van der Waals surface area contributed by atoms with Crippen LogP contribution in [0.3, 0.4) is 0 Å². The van der Waals surface area contributed by atoms with Gasteiger partial charge in [-0.3, -0.25) is 0 Å². The van der Waals surface area contributed by atoms with Gasteiger partial charge in [0.25, 0.3) is 0 Å². The number of nitrogens with one attached hydrogen (secondary N) is 2. The van der Waals surface area contributed by atoms with Crippen LogP contribution < -0.4 is 10.6 Å². The van der Waals surface area contributed by atoms with Crippen molar-refractivity contribution in [1.82, 2.24) is 10.6 Å². The van der Waals surface area contributed by atoms with Crippen LogP contribution in [0.4, 0.5) is 0 Å². The Balaban J connectivity index is 2.44. The second-order valence-electron chi connectivity index (χ2n) is 3.76. The average Bonchev–Trinajstić information content (AvgIpc) is 2.37. The molecule has 1 unspecified atom stereocenters. The van der Waals surface area contributed by atoms with Crippen LogP contribution in [-0.4, -0.2) is 25.4 Å². The van der Waals surface area contributed by atoms with E-state index in [-0.39, 0.29) is 6.04 Å². The monoisotopic (exact) mass is 252 g/mol. The van der Waals surface area contributed by atoms with E-state index >= 15 is 0 Å². The molecule has 94 valence electrons. The van der Waals surface area contributed by atoms with Gasteiger partial charge in [-0.05, 0) is 24.2 Å². The summed E-state index contributed by atoms with van der Waals surface area (Å²) in [6, 6.07) is 10.6. The minimum Gasteiger partial charge on any atom is -0.383 e. The van der Waals surface area contributed by atoms with E-state index in [0.29, 0.717) is 11.7 Å². The van der Waals surface area contributed by atoms with Gasteiger partial charge in [-0.2, -0.15) is 0 Å². The van der Waals surface area contributed by atoms with Crippen molar-refractivity contribution >= 4 is 17.3 Å². The normalized spacial score (nSPS) is 11.9. The maximum absolute atomic E-state index is 5.23. The lowest BCUT2D eigenvalue weighted by molar-refractivity contribution is 0.204. The topological polar surface area (TPSA) is 33.3 Å². The largest absolute Gasteiger partial charge is 0.383 e. The fraction of sp³-hybridized carbons (Fsp3) is 0.462. The van der Waals surface area contributed by atoms with Crippen LogP contribution in [0.5, 0.6) is 0 Å². The highest BCUT2D eigenvalue weighted by Gasteiger charge is 2.09. The summed E-state index contributed by atoms with van der Waals surface area (Å²) in [5, 5.41) is 7.10. The summed E-state index contributed by atoms with van der Waals surface area (Å²) < 4.78 is 4.96. The van der Waals surface area contributed by atoms with Crippen LogP contribution in [0.25, 0.3) is 0 Å². The minimum absolute atomic E-state index is 0.263. The molecular weight excluding hydrogens is 232 g/mol. The number of hydrogen-bond acceptors (Lipinski definition) is 2. The molecule has 4 heteroatoms. The van der Waals surface area contributed by atoms with E-state index < -0.39 is 0 Å². The van der Waals surface area contributed by atoms with Gasteiger partial charge in [-0.25, -0.2) is 0 Å². The van der Waals surface area contributed by atoms with E-state index in [9.17, 15) is 0 Å². The Morgan fingerprint density at radius 3 is 2.65 bits per heavy atom. The average molecular weight is 252 g/mol. The first-order valence-electron chi connectivity index (χ1n) is 5.86. The third-order valence-corrected chi connectivity index (χ3v) is 2.77. The molecule has 0 saturated carbocycles. The number of thiocarbonyl (C=S) groups is 1. The van der Waals surface area contributed by atoms with Crippen molar-refractivity contribution in [2.75, 3.05) is 20.3 Å². The summed E-state index contributed by atoms with van der Waals surface area (Å²) in [6.45, 7) is 3.53. The quantitative estimate of drug-likeness (QED) is 0.601. The SMILES string of the molecule is CCC(NC(=S)NCCOC)c1ccccc1. The molecule has 0 radical (unpaired) electrons. The predicted octanol–water partition coefficient (Wildman–Crippen LogP) is 2.25. The molecule has 0 aliphatic carbocycles. The molecule has 0 amide bonds. The van der Waals surface area contributed by atoms with Gasteiger partial charge in [-0.15, -0.1) is 0 Å². The second kappa shape index (κ2) is 8.03. The lowest BCUT2D eigenvalue weighted by Crippen LogP contribution is -2.39. The summed E-state index contributed by atoms with van der Waals surface area (Å²) in [7, 11) is 1.68. The third kappa shape index (κ3) is 5.15. The summed E-state index contributed by atoms with van der Waals surface area (Å²) in [5.41, 5.74) is 1.26. The number of ether oxygens (including phenoxy) is 1. The molecular formula is C13H20N2OS. The van der Waals surface area contributed by atoms with Crippen LogP contribution >= 0.6 is 12.2 Å². The number of hydrogen-bond donors (Lipinski definition) is 2. The van der Waals surface area contributed by atoms with Crippen molar-refractivity contribution in [3.63, 3.8) is 0 Å². The lowest BCUT2D eigenvalue weighted by Gasteiger charge is -2.19. The highest BCUT2D eigenvalue weighted by Crippen LogP contribution is 2.15. The van der Waals surface area contributed by atoms with E-state index in [1.165, 1.54) is 5.56 Å². The summed E-state index contributed by atoms with van der Waals surface area (Å²) in [5.74, 6) is 0. The van der Waals surface area contributed by atoms with Gasteiger partial charge in [0.05, 0.1) is 12.6 Å². The zero-order valence-corrected chi connectivity index (χ0v) is 11.2. The Labute approximate surface area is 109 Å². The molecule has 0 heterocycles. The summed E-state index contributed by atoms with van der Waals surface area (Å²) in [4.78, 5) is 0. The van der Waals surface area contributed by atoms with Crippen molar-refractivity contribution in [2.45, 2.75) is 19.4 Å². The molecule has 0 fully saturated rings. The van der Waals surface area contributed by atoms with Crippen molar-refractivity contribution in [3.05, 3.63) is 35.9 Å². The molecule has 0 aromatic heterocycles. The van der Waals surface area contributed by atoms with Gasteiger partial charge in [0.2, 0.25) is 0 Å². The summed E-state index contributed by atoms with van der Waals surface area (Å²) in [6.07, 6.45) is 0.996. The van der Waals surface area contributed by atoms with E-state index in [1.807, 2.05) is 18.2 Å². The first-order valence-corrected chi connectivity index (χ1v) is 6.27. The standard InChI is InChI=1S/C13H20N2OS/c1-3-12(11-7-5-4-6-8-11)15-13(17)14-9-10-16-2/h4-8,12H,3,9-10H2,1-2H3,(H2,14,15,17). The fourth-order valence-corrected chi connectivity index (χ4v) is 1.83. The Morgan fingerprint density at radius 2 is 2.06 bits per heavy atom. The Morgan fingerprint density at radius 1 is 1.35 bits per heavy atom. The first-order chi connectivity index (χ1) is 8.27. The van der Waals surface area contributed by atoms with Crippen molar-refractivity contribution in [2.24, 2.45) is 0 Å². The molecule has 0 spiro atoms. The van der Waals surface area contributed by atoms with Crippen LogP contribution in [0.1, 0.15) is 24.9 Å². The van der Waals surface area contributed by atoms with Gasteiger partial charge in [0, 0.05) is 13.7 Å². The highest BCUT2D eigenvalue weighted by atomic mass is 32.1. The molecule has 17 heavy (non-hydrogen) atoms. The van der Waals surface area contributed by atoms with Crippen molar-refractivity contribution in [3.8, 4) is 0 Å². The van der Waals surface area contributed by atoms with Crippen LogP contribution in [-0.2, 0) is 4.74 Å². The molecule has 1 atom stereocenters. The van der Waals surface area contributed by atoms with E-state index in [4.69, 9.17) is 17.0 Å². The smallest absolute Gasteiger partial charge is 0.166 e. The second-order valence-corrected chi connectivity index (χ2v) is 4.17. The van der Waals surface area contributed by atoms with Gasteiger partial charge in [-0.1, -0.05) is 37.3 Å². The number of benzene rings is 1. The number of rotatable bonds is 6. The molecule has 0 aliphatic heterocycles. The Bertz CT molecular complexity index is 329. The molecule has 3 nitrogen and oxygen atoms in total. The zero-order chi connectivity index (χ0) is 12.5. The van der Waals surface area contributed by atoms with Crippen LogP contribution in [0.2, 0.25) is 0 Å². The first kappa shape index (κ1) is 13.9. The molecule has 1 aromatic carbocycles. The van der Waals surface area contributed by atoms with Crippen LogP contribution in [0, 0.1) is 0 Å². The summed E-state index contributed by atoms with van der Waals surface area (Å²) >= 11 is 5.23. The molecule has 1 rings (SSSR count). The highest BCUT2D eigenvalue weighted by molar-refractivity contribution is 7.80. The minimum atomic E-state index is 0.263. The van der Waals surface area contributed by atoms with Gasteiger partial charge >= 0.3 is 0 Å². The third-order valence-electron chi connectivity index (χ3n) is 2.51. The predicted molar refractivity (Wildman–Crippen MR) is 75.1 cm³/mol. The van der Waals surface area contributed by atoms with Crippen molar-refractivity contribution < 1.29 is 4.74 Å². The Kier molecular flexibility index (Phi) is 6.58. The van der Waals surface area contributed by atoms with E-state index in [0.717, 1.165) is 13.0 Å². The van der Waals surface area contributed by atoms with Gasteiger partial charge < -0.3 is 15.4 Å². The fourth-order valence-electron chi connectivity index (χ4n) is 1.58. The number of methoxy groups -OCH3 is 1. The molecule has 1 aromatic rings. The zero-order valence-electron chi connectivity index (χ0n) is 10.4. The van der Waals surface area contributed by atoms with Crippen molar-refractivity contribution in [1.29, 1.82) is 0 Å². The van der Waals surface area contributed by atoms with Gasteiger partial charge in [0.15, 0.2) is 5.11 Å². The lowest BCUT2D eigenvalue weighted by atomic mass is 10.1. The van der Waals surface area contributed by atoms with Crippen LogP contribution in [0.15, 0.2) is 30.3 Å². The Hall–Kier alpha value is -1.13. The van der Waals surface area contributed by atoms with E-state index in [1.54, 1.807) is 7.11 Å².